The Kier molecular flexibility index (Phi) is 3.54. The van der Waals surface area contributed by atoms with E-state index in [2.05, 4.69) is 46.1 Å². The van der Waals surface area contributed by atoms with Gasteiger partial charge in [-0.1, -0.05) is 18.2 Å². The van der Waals surface area contributed by atoms with Gasteiger partial charge in [-0.15, -0.1) is 0 Å². The van der Waals surface area contributed by atoms with Gasteiger partial charge >= 0.3 is 0 Å². The Bertz CT molecular complexity index is 919. The van der Waals surface area contributed by atoms with E-state index >= 15 is 0 Å². The van der Waals surface area contributed by atoms with Gasteiger partial charge in [-0.05, 0) is 59.3 Å². The summed E-state index contributed by atoms with van der Waals surface area (Å²) in [4.78, 5) is 0. The molecule has 1 aliphatic rings. The van der Waals surface area contributed by atoms with Crippen LogP contribution in [-0.2, 0) is 6.42 Å². The topological polar surface area (TPSA) is 53.6 Å². The molecular formula is C18H13IN4. The third-order valence-electron chi connectivity index (χ3n) is 4.02. The summed E-state index contributed by atoms with van der Waals surface area (Å²) in [6.07, 6.45) is 0.978. The highest BCUT2D eigenvalue weighted by molar-refractivity contribution is 14.1. The Hall–Kier alpha value is -2.33. The number of hydrogen-bond acceptors (Lipinski definition) is 3. The minimum absolute atomic E-state index is 0.656. The Morgan fingerprint density at radius 3 is 2.65 bits per heavy atom. The largest absolute Gasteiger partial charge is 0.369 e. The van der Waals surface area contributed by atoms with Crippen molar-refractivity contribution in [3.05, 3.63) is 63.2 Å². The maximum atomic E-state index is 8.95. The molecule has 0 saturated carbocycles. The second-order valence-electron chi connectivity index (χ2n) is 5.40. The Morgan fingerprint density at radius 2 is 1.91 bits per heavy atom. The molecule has 0 spiro atoms. The van der Waals surface area contributed by atoms with Crippen LogP contribution in [0.2, 0.25) is 0 Å². The van der Waals surface area contributed by atoms with Crippen molar-refractivity contribution in [3.8, 4) is 23.0 Å². The summed E-state index contributed by atoms with van der Waals surface area (Å²) in [7, 11) is 0. The third-order valence-corrected chi connectivity index (χ3v) is 4.96. The molecule has 0 aliphatic carbocycles. The van der Waals surface area contributed by atoms with E-state index in [1.807, 2.05) is 41.1 Å². The van der Waals surface area contributed by atoms with Crippen molar-refractivity contribution < 1.29 is 0 Å². The number of nitrogens with zero attached hydrogens (tertiary/aromatic N) is 3. The SMILES string of the molecule is N#Cc1ccc(-n2nc(-c3ccccc3I)c3c2NCC3)cc1. The second kappa shape index (κ2) is 5.70. The van der Waals surface area contributed by atoms with Gasteiger partial charge < -0.3 is 5.32 Å². The van der Waals surface area contributed by atoms with E-state index < -0.39 is 0 Å². The van der Waals surface area contributed by atoms with Crippen LogP contribution in [0.15, 0.2) is 48.5 Å². The first-order valence-electron chi connectivity index (χ1n) is 7.39. The van der Waals surface area contributed by atoms with E-state index in [0.29, 0.717) is 5.56 Å². The quantitative estimate of drug-likeness (QED) is 0.648. The van der Waals surface area contributed by atoms with Crippen molar-refractivity contribution in [3.63, 3.8) is 0 Å². The maximum absolute atomic E-state index is 8.95. The molecule has 1 aliphatic heterocycles. The van der Waals surface area contributed by atoms with Gasteiger partial charge in [0.2, 0.25) is 0 Å². The molecular weight excluding hydrogens is 399 g/mol. The summed E-state index contributed by atoms with van der Waals surface area (Å²) in [6, 6.07) is 18.0. The van der Waals surface area contributed by atoms with Gasteiger partial charge in [-0.25, -0.2) is 4.68 Å². The van der Waals surface area contributed by atoms with Crippen molar-refractivity contribution >= 4 is 28.4 Å². The number of hydrogen-bond donors (Lipinski definition) is 1. The highest BCUT2D eigenvalue weighted by Gasteiger charge is 2.24. The van der Waals surface area contributed by atoms with Gasteiger partial charge in [0, 0.05) is 21.2 Å². The smallest absolute Gasteiger partial charge is 0.133 e. The Morgan fingerprint density at radius 1 is 1.13 bits per heavy atom. The van der Waals surface area contributed by atoms with Crippen molar-refractivity contribution in [2.75, 3.05) is 11.9 Å². The van der Waals surface area contributed by atoms with Gasteiger partial charge in [0.1, 0.15) is 5.82 Å². The molecule has 1 aromatic heterocycles. The molecule has 0 atom stereocenters. The summed E-state index contributed by atoms with van der Waals surface area (Å²) in [5, 5.41) is 17.2. The molecule has 23 heavy (non-hydrogen) atoms. The van der Waals surface area contributed by atoms with Gasteiger partial charge in [0.15, 0.2) is 0 Å². The van der Waals surface area contributed by atoms with Crippen LogP contribution in [0.1, 0.15) is 11.1 Å². The highest BCUT2D eigenvalue weighted by Crippen LogP contribution is 2.36. The van der Waals surface area contributed by atoms with E-state index in [1.165, 1.54) is 14.7 Å². The molecule has 112 valence electrons. The molecule has 0 amide bonds. The molecule has 0 unspecified atom stereocenters. The molecule has 0 saturated heterocycles. The summed E-state index contributed by atoms with van der Waals surface area (Å²) >= 11 is 2.36. The lowest BCUT2D eigenvalue weighted by atomic mass is 10.1. The number of halogens is 1. The standard InChI is InChI=1S/C18H13IN4/c19-16-4-2-1-3-14(16)17-15-9-10-21-18(15)23(22-17)13-7-5-12(11-20)6-8-13/h1-8,21H,9-10H2. The first kappa shape index (κ1) is 14.3. The monoisotopic (exact) mass is 412 g/mol. The zero-order valence-electron chi connectivity index (χ0n) is 12.3. The van der Waals surface area contributed by atoms with E-state index in [1.54, 1.807) is 0 Å². The van der Waals surface area contributed by atoms with Crippen LogP contribution in [0.5, 0.6) is 0 Å². The van der Waals surface area contributed by atoms with Crippen molar-refractivity contribution in [1.82, 2.24) is 9.78 Å². The molecule has 0 radical (unpaired) electrons. The summed E-state index contributed by atoms with van der Waals surface area (Å²) in [6.45, 7) is 0.930. The maximum Gasteiger partial charge on any atom is 0.133 e. The predicted molar refractivity (Wildman–Crippen MR) is 98.6 cm³/mol. The molecule has 4 nitrogen and oxygen atoms in total. The fourth-order valence-corrected chi connectivity index (χ4v) is 3.55. The van der Waals surface area contributed by atoms with Crippen LogP contribution in [0.25, 0.3) is 16.9 Å². The predicted octanol–water partition coefficient (Wildman–Crippen LogP) is 3.98. The Balaban J connectivity index is 1.88. The van der Waals surface area contributed by atoms with Crippen LogP contribution < -0.4 is 5.32 Å². The van der Waals surface area contributed by atoms with Crippen LogP contribution in [0.4, 0.5) is 5.82 Å². The van der Waals surface area contributed by atoms with Gasteiger partial charge in [0.25, 0.3) is 0 Å². The van der Waals surface area contributed by atoms with Crippen molar-refractivity contribution in [2.24, 2.45) is 0 Å². The molecule has 2 heterocycles. The van der Waals surface area contributed by atoms with Crippen molar-refractivity contribution in [2.45, 2.75) is 6.42 Å². The molecule has 0 fully saturated rings. The number of nitrogens with one attached hydrogen (secondary N) is 1. The lowest BCUT2D eigenvalue weighted by molar-refractivity contribution is 0.882. The highest BCUT2D eigenvalue weighted by atomic mass is 127. The fourth-order valence-electron chi connectivity index (χ4n) is 2.91. The first-order valence-corrected chi connectivity index (χ1v) is 8.47. The lowest BCUT2D eigenvalue weighted by Crippen LogP contribution is -2.04. The molecule has 0 bridgehead atoms. The summed E-state index contributed by atoms with van der Waals surface area (Å²) in [5.74, 6) is 1.06. The summed E-state index contributed by atoms with van der Waals surface area (Å²) in [5.41, 5.74) is 5.09. The van der Waals surface area contributed by atoms with Crippen LogP contribution in [-0.4, -0.2) is 16.3 Å². The average Bonchev–Trinajstić information content (AvgIpc) is 3.18. The van der Waals surface area contributed by atoms with Crippen LogP contribution in [0, 0.1) is 14.9 Å². The van der Waals surface area contributed by atoms with Gasteiger partial charge in [-0.2, -0.15) is 10.4 Å². The summed E-state index contributed by atoms with van der Waals surface area (Å²) < 4.78 is 3.14. The molecule has 3 aromatic rings. The molecule has 4 rings (SSSR count). The number of nitriles is 1. The number of benzene rings is 2. The molecule has 1 N–H and O–H groups in total. The van der Waals surface area contributed by atoms with Crippen LogP contribution >= 0.6 is 22.6 Å². The van der Waals surface area contributed by atoms with Gasteiger partial charge in [0.05, 0.1) is 23.0 Å². The van der Waals surface area contributed by atoms with E-state index in [4.69, 9.17) is 10.4 Å². The average molecular weight is 412 g/mol. The first-order chi connectivity index (χ1) is 11.3. The minimum atomic E-state index is 0.656. The Labute approximate surface area is 147 Å². The zero-order valence-corrected chi connectivity index (χ0v) is 14.4. The fraction of sp³-hybridized carbons (Fsp3) is 0.111. The third kappa shape index (κ3) is 2.39. The van der Waals surface area contributed by atoms with E-state index in [9.17, 15) is 0 Å². The minimum Gasteiger partial charge on any atom is -0.369 e. The number of aromatic nitrogens is 2. The molecule has 5 heteroatoms. The molecule has 2 aromatic carbocycles. The van der Waals surface area contributed by atoms with Crippen LogP contribution in [0.3, 0.4) is 0 Å². The normalized spacial score (nSPS) is 12.5. The lowest BCUT2D eigenvalue weighted by Gasteiger charge is -2.06. The zero-order chi connectivity index (χ0) is 15.8. The number of rotatable bonds is 2. The number of fused-ring (bicyclic) bond motifs is 1. The second-order valence-corrected chi connectivity index (χ2v) is 6.57. The van der Waals surface area contributed by atoms with E-state index in [-0.39, 0.29) is 0 Å². The van der Waals surface area contributed by atoms with Crippen molar-refractivity contribution in [1.29, 1.82) is 5.26 Å². The van der Waals surface area contributed by atoms with Gasteiger partial charge in [-0.3, -0.25) is 0 Å². The van der Waals surface area contributed by atoms with E-state index in [0.717, 1.165) is 30.2 Å². The number of anilines is 1.